The minimum absolute atomic E-state index is 0.511. The van der Waals surface area contributed by atoms with E-state index in [1.165, 1.54) is 67.2 Å². The summed E-state index contributed by atoms with van der Waals surface area (Å²) in [6.45, 7) is 2.14. The van der Waals surface area contributed by atoms with Crippen molar-refractivity contribution < 1.29 is 0 Å². The lowest BCUT2D eigenvalue weighted by Crippen LogP contribution is -1.97. The summed E-state index contributed by atoms with van der Waals surface area (Å²) in [4.78, 5) is 0. The Kier molecular flexibility index (Phi) is 5.85. The zero-order valence-electron chi connectivity index (χ0n) is 14.8. The van der Waals surface area contributed by atoms with E-state index in [4.69, 9.17) is 5.41 Å². The molecule has 2 unspecified atom stereocenters. The van der Waals surface area contributed by atoms with Gasteiger partial charge >= 0.3 is 0 Å². The molecule has 0 amide bonds. The molecule has 0 bridgehead atoms. The molecule has 0 aromatic heterocycles. The first kappa shape index (κ1) is 17.0. The van der Waals surface area contributed by atoms with Crippen LogP contribution in [0.25, 0.3) is 0 Å². The van der Waals surface area contributed by atoms with Crippen LogP contribution in [0.15, 0.2) is 48.5 Å². The maximum atomic E-state index is 7.43. The van der Waals surface area contributed by atoms with E-state index >= 15 is 0 Å². The van der Waals surface area contributed by atoms with Gasteiger partial charge < -0.3 is 5.41 Å². The molecular weight excluding hydrogens is 290 g/mol. The van der Waals surface area contributed by atoms with Crippen LogP contribution >= 0.6 is 0 Å². The van der Waals surface area contributed by atoms with Gasteiger partial charge in [0.05, 0.1) is 0 Å². The highest BCUT2D eigenvalue weighted by molar-refractivity contribution is 5.57. The zero-order valence-corrected chi connectivity index (χ0v) is 14.8. The Bertz CT molecular complexity index is 639. The van der Waals surface area contributed by atoms with Crippen molar-refractivity contribution in [2.24, 2.45) is 5.92 Å². The van der Waals surface area contributed by atoms with E-state index in [0.29, 0.717) is 11.8 Å². The monoisotopic (exact) mass is 319 g/mol. The lowest BCUT2D eigenvalue weighted by molar-refractivity contribution is 0.692. The second-order valence-corrected chi connectivity index (χ2v) is 7.37. The smallest absolute Gasteiger partial charge is 0.00165 e. The summed E-state index contributed by atoms with van der Waals surface area (Å²) in [7, 11) is 0. The number of aryl methyl sites for hydroxylation is 3. The Morgan fingerprint density at radius 2 is 1.46 bits per heavy atom. The van der Waals surface area contributed by atoms with E-state index < -0.39 is 0 Å². The summed E-state index contributed by atoms with van der Waals surface area (Å²) < 4.78 is 0. The molecule has 2 atom stereocenters. The third-order valence-electron chi connectivity index (χ3n) is 5.46. The molecule has 126 valence electrons. The van der Waals surface area contributed by atoms with Crippen LogP contribution in [0.3, 0.4) is 0 Å². The van der Waals surface area contributed by atoms with Gasteiger partial charge in [-0.25, -0.2) is 0 Å². The van der Waals surface area contributed by atoms with Crippen molar-refractivity contribution in [1.29, 1.82) is 5.41 Å². The first-order valence-electron chi connectivity index (χ1n) is 9.39. The maximum absolute atomic E-state index is 7.43. The van der Waals surface area contributed by atoms with Gasteiger partial charge in [0.2, 0.25) is 0 Å². The number of benzene rings is 2. The van der Waals surface area contributed by atoms with Crippen LogP contribution in [-0.4, -0.2) is 6.21 Å². The third-order valence-corrected chi connectivity index (χ3v) is 5.46. The molecule has 0 spiro atoms. The lowest BCUT2D eigenvalue weighted by Gasteiger charge is -2.11. The fraction of sp³-hybridized carbons (Fsp3) is 0.435. The van der Waals surface area contributed by atoms with E-state index in [9.17, 15) is 0 Å². The molecule has 2 aromatic rings. The zero-order chi connectivity index (χ0) is 16.8. The predicted molar refractivity (Wildman–Crippen MR) is 103 cm³/mol. The number of nitrogens with one attached hydrogen (secondary N) is 1. The first-order valence-corrected chi connectivity index (χ1v) is 9.39. The van der Waals surface area contributed by atoms with Gasteiger partial charge in [0.25, 0.3) is 0 Å². The molecule has 0 heterocycles. The van der Waals surface area contributed by atoms with Gasteiger partial charge in [-0.2, -0.15) is 0 Å². The molecule has 1 aliphatic rings. The molecule has 1 N–H and O–H groups in total. The number of hydrogen-bond acceptors (Lipinski definition) is 1. The number of hydrogen-bond donors (Lipinski definition) is 1. The van der Waals surface area contributed by atoms with Gasteiger partial charge in [-0.3, -0.25) is 0 Å². The first-order chi connectivity index (χ1) is 11.7. The summed E-state index contributed by atoms with van der Waals surface area (Å²) >= 11 is 0. The molecule has 0 saturated heterocycles. The quantitative estimate of drug-likeness (QED) is 0.471. The Balaban J connectivity index is 1.43. The normalized spacial score (nSPS) is 20.2. The third kappa shape index (κ3) is 4.56. The average Bonchev–Trinajstić information content (AvgIpc) is 3.10. The van der Waals surface area contributed by atoms with Crippen LogP contribution in [0.1, 0.15) is 60.3 Å². The molecular formula is C23H29N. The summed E-state index contributed by atoms with van der Waals surface area (Å²) in [5.41, 5.74) is 5.73. The van der Waals surface area contributed by atoms with E-state index in [2.05, 4.69) is 55.5 Å². The van der Waals surface area contributed by atoms with Gasteiger partial charge in [-0.15, -0.1) is 0 Å². The van der Waals surface area contributed by atoms with E-state index in [1.807, 2.05) is 0 Å². The van der Waals surface area contributed by atoms with Gasteiger partial charge in [-0.1, -0.05) is 54.1 Å². The lowest BCUT2D eigenvalue weighted by atomic mass is 9.94. The molecule has 3 rings (SSSR count). The fourth-order valence-electron chi connectivity index (χ4n) is 3.84. The van der Waals surface area contributed by atoms with Crippen molar-refractivity contribution in [3.8, 4) is 0 Å². The van der Waals surface area contributed by atoms with Crippen LogP contribution in [0.4, 0.5) is 0 Å². The van der Waals surface area contributed by atoms with Crippen molar-refractivity contribution in [3.63, 3.8) is 0 Å². The summed E-state index contributed by atoms with van der Waals surface area (Å²) in [6.07, 6.45) is 10.1. The highest BCUT2D eigenvalue weighted by atomic mass is 14.4. The van der Waals surface area contributed by atoms with Crippen LogP contribution < -0.4 is 0 Å². The maximum Gasteiger partial charge on any atom is -0.00165 e. The Hall–Kier alpha value is -1.89. The van der Waals surface area contributed by atoms with Gasteiger partial charge in [-0.05, 0) is 86.6 Å². The molecule has 1 fully saturated rings. The molecule has 24 heavy (non-hydrogen) atoms. The van der Waals surface area contributed by atoms with Crippen LogP contribution in [-0.2, 0) is 12.8 Å². The molecule has 0 aliphatic heterocycles. The fourth-order valence-corrected chi connectivity index (χ4v) is 3.84. The second-order valence-electron chi connectivity index (χ2n) is 7.37. The van der Waals surface area contributed by atoms with Crippen molar-refractivity contribution in [2.75, 3.05) is 0 Å². The second kappa shape index (κ2) is 8.28. The Morgan fingerprint density at radius 3 is 2.00 bits per heavy atom. The van der Waals surface area contributed by atoms with Crippen molar-refractivity contribution in [3.05, 3.63) is 70.8 Å². The molecule has 1 heteroatoms. The Labute approximate surface area is 146 Å². The van der Waals surface area contributed by atoms with E-state index in [1.54, 1.807) is 6.21 Å². The molecule has 1 aliphatic carbocycles. The van der Waals surface area contributed by atoms with Crippen molar-refractivity contribution >= 4 is 6.21 Å². The SMILES string of the molecule is Cc1ccc(CCCCc2ccc(C3CCC(C=N)C3)cc2)cc1. The summed E-state index contributed by atoms with van der Waals surface area (Å²) in [6, 6.07) is 18.2. The van der Waals surface area contributed by atoms with Gasteiger partial charge in [0.1, 0.15) is 0 Å². The largest absolute Gasteiger partial charge is 0.313 e. The van der Waals surface area contributed by atoms with Crippen LogP contribution in [0.2, 0.25) is 0 Å². The molecule has 0 radical (unpaired) electrons. The molecule has 2 aromatic carbocycles. The number of unbranched alkanes of at least 4 members (excludes halogenated alkanes) is 1. The Morgan fingerprint density at radius 1 is 0.875 bits per heavy atom. The van der Waals surface area contributed by atoms with E-state index in [0.717, 1.165) is 0 Å². The highest BCUT2D eigenvalue weighted by Crippen LogP contribution is 2.37. The minimum atomic E-state index is 0.511. The standard InChI is InChI=1S/C23H29N/c1-18-6-8-19(9-7-18)4-2-3-5-20-10-13-22(14-11-20)23-15-12-21(16-23)17-24/h6-11,13-14,17,21,23-24H,2-5,12,15-16H2,1H3. The van der Waals surface area contributed by atoms with E-state index in [-0.39, 0.29) is 0 Å². The van der Waals surface area contributed by atoms with Crippen molar-refractivity contribution in [2.45, 2.75) is 57.8 Å². The van der Waals surface area contributed by atoms with Crippen LogP contribution in [0.5, 0.6) is 0 Å². The van der Waals surface area contributed by atoms with Gasteiger partial charge in [0.15, 0.2) is 0 Å². The molecule has 1 nitrogen and oxygen atoms in total. The summed E-state index contributed by atoms with van der Waals surface area (Å²) in [5.74, 6) is 1.18. The highest BCUT2D eigenvalue weighted by Gasteiger charge is 2.24. The predicted octanol–water partition coefficient (Wildman–Crippen LogP) is 6.09. The van der Waals surface area contributed by atoms with Crippen molar-refractivity contribution in [1.82, 2.24) is 0 Å². The minimum Gasteiger partial charge on any atom is -0.313 e. The topological polar surface area (TPSA) is 23.9 Å². The average molecular weight is 319 g/mol. The molecule has 1 saturated carbocycles. The summed E-state index contributed by atoms with van der Waals surface area (Å²) in [5, 5.41) is 7.43. The van der Waals surface area contributed by atoms with Gasteiger partial charge in [0, 0.05) is 0 Å². The number of rotatable bonds is 7. The van der Waals surface area contributed by atoms with Crippen LogP contribution in [0, 0.1) is 18.3 Å².